The van der Waals surface area contributed by atoms with Crippen molar-refractivity contribution in [1.29, 1.82) is 0 Å². The summed E-state index contributed by atoms with van der Waals surface area (Å²) in [7, 11) is 1.33. The zero-order chi connectivity index (χ0) is 11.3. The molecule has 1 aromatic rings. The fourth-order valence-corrected chi connectivity index (χ4v) is 1.56. The topological polar surface area (TPSA) is 43.4 Å². The second-order valence-corrected chi connectivity index (χ2v) is 3.58. The minimum Gasteiger partial charge on any atom is -0.465 e. The van der Waals surface area contributed by atoms with Crippen LogP contribution < -0.4 is 0 Å². The number of hydrogen-bond acceptors (Lipinski definition) is 3. The molecule has 0 fully saturated rings. The molecule has 1 rings (SSSR count). The Labute approximate surface area is 95.9 Å². The number of carbonyl (C=O) groups is 2. The molecule has 0 heterocycles. The molecule has 0 radical (unpaired) electrons. The summed E-state index contributed by atoms with van der Waals surface area (Å²) in [5, 5.41) is 0. The number of benzene rings is 1. The Balaban J connectivity index is 3.02. The molecule has 0 spiro atoms. The average Bonchev–Trinajstić information content (AvgIpc) is 2.26. The molecule has 0 aliphatic carbocycles. The van der Waals surface area contributed by atoms with Crippen LogP contribution in [0, 0.1) is 0 Å². The molecule has 0 aliphatic rings. The van der Waals surface area contributed by atoms with E-state index in [1.807, 2.05) is 0 Å². The summed E-state index contributed by atoms with van der Waals surface area (Å²) < 4.78 is 5.32. The molecular weight excluding hydrogens is 260 g/mol. The van der Waals surface area contributed by atoms with E-state index in [0.29, 0.717) is 11.8 Å². The van der Waals surface area contributed by atoms with Crippen LogP contribution in [0.3, 0.4) is 0 Å². The van der Waals surface area contributed by atoms with E-state index in [2.05, 4.69) is 20.7 Å². The molecule has 4 heteroatoms. The molecule has 78 valence electrons. The second-order valence-electron chi connectivity index (χ2n) is 2.72. The van der Waals surface area contributed by atoms with Crippen LogP contribution >= 0.6 is 15.9 Å². The SMILES string of the molecule is COC(=O)c1ccc(C=CC=O)c(Br)c1. The highest BCUT2D eigenvalue weighted by Gasteiger charge is 2.06. The quantitative estimate of drug-likeness (QED) is 0.481. The number of halogens is 1. The van der Waals surface area contributed by atoms with Crippen LogP contribution in [0.25, 0.3) is 6.08 Å². The van der Waals surface area contributed by atoms with Crippen molar-refractivity contribution >= 4 is 34.3 Å². The van der Waals surface area contributed by atoms with E-state index in [9.17, 15) is 9.59 Å². The van der Waals surface area contributed by atoms with Gasteiger partial charge in [0.1, 0.15) is 6.29 Å². The van der Waals surface area contributed by atoms with Gasteiger partial charge in [-0.1, -0.05) is 28.1 Å². The molecule has 0 aliphatic heterocycles. The Morgan fingerprint density at radius 1 is 1.47 bits per heavy atom. The summed E-state index contributed by atoms with van der Waals surface area (Å²) >= 11 is 3.30. The van der Waals surface area contributed by atoms with E-state index >= 15 is 0 Å². The van der Waals surface area contributed by atoms with Gasteiger partial charge < -0.3 is 4.74 Å². The van der Waals surface area contributed by atoms with E-state index in [0.717, 1.165) is 10.0 Å². The summed E-state index contributed by atoms with van der Waals surface area (Å²) in [6.45, 7) is 0. The molecule has 0 unspecified atom stereocenters. The number of rotatable bonds is 3. The van der Waals surface area contributed by atoms with Crippen LogP contribution in [0.1, 0.15) is 15.9 Å². The Kier molecular flexibility index (Phi) is 4.24. The van der Waals surface area contributed by atoms with Gasteiger partial charge in [-0.3, -0.25) is 4.79 Å². The highest BCUT2D eigenvalue weighted by atomic mass is 79.9. The van der Waals surface area contributed by atoms with Crippen LogP contribution in [0.5, 0.6) is 0 Å². The van der Waals surface area contributed by atoms with Gasteiger partial charge in [0.15, 0.2) is 0 Å². The number of esters is 1. The Hall–Kier alpha value is -1.42. The first-order chi connectivity index (χ1) is 7.19. The standard InChI is InChI=1S/C11H9BrO3/c1-15-11(14)9-5-4-8(3-2-6-13)10(12)7-9/h2-7H,1H3. The smallest absolute Gasteiger partial charge is 0.337 e. The minimum absolute atomic E-state index is 0.387. The van der Waals surface area contributed by atoms with E-state index in [1.165, 1.54) is 13.2 Å². The molecule has 3 nitrogen and oxygen atoms in total. The lowest BCUT2D eigenvalue weighted by molar-refractivity contribution is -0.104. The molecule has 0 bridgehead atoms. The number of carbonyl (C=O) groups excluding carboxylic acids is 2. The predicted molar refractivity (Wildman–Crippen MR) is 60.6 cm³/mol. The highest BCUT2D eigenvalue weighted by molar-refractivity contribution is 9.10. The Bertz CT molecular complexity index is 410. The lowest BCUT2D eigenvalue weighted by atomic mass is 10.1. The minimum atomic E-state index is -0.387. The van der Waals surface area contributed by atoms with Crippen LogP contribution in [0.4, 0.5) is 0 Å². The molecule has 1 aromatic carbocycles. The van der Waals surface area contributed by atoms with Gasteiger partial charge in [0, 0.05) is 4.47 Å². The average molecular weight is 269 g/mol. The first-order valence-electron chi connectivity index (χ1n) is 4.18. The zero-order valence-electron chi connectivity index (χ0n) is 8.07. The van der Waals surface area contributed by atoms with Gasteiger partial charge in [0.2, 0.25) is 0 Å². The summed E-state index contributed by atoms with van der Waals surface area (Å²) in [6, 6.07) is 5.02. The molecule has 0 atom stereocenters. The number of aldehydes is 1. The van der Waals surface area contributed by atoms with E-state index in [1.54, 1.807) is 24.3 Å². The maximum Gasteiger partial charge on any atom is 0.337 e. The number of allylic oxidation sites excluding steroid dienone is 1. The summed E-state index contributed by atoms with van der Waals surface area (Å²) in [5.41, 5.74) is 1.29. The van der Waals surface area contributed by atoms with Crippen molar-refractivity contribution in [3.05, 3.63) is 39.9 Å². The maximum absolute atomic E-state index is 11.2. The lowest BCUT2D eigenvalue weighted by Gasteiger charge is -2.02. The second kappa shape index (κ2) is 5.46. The Morgan fingerprint density at radius 2 is 2.20 bits per heavy atom. The van der Waals surface area contributed by atoms with Crippen LogP contribution in [0.15, 0.2) is 28.7 Å². The van der Waals surface area contributed by atoms with Gasteiger partial charge in [-0.15, -0.1) is 0 Å². The Morgan fingerprint density at radius 3 is 2.73 bits per heavy atom. The predicted octanol–water partition coefficient (Wildman–Crippen LogP) is 2.45. The molecule has 0 N–H and O–H groups in total. The monoisotopic (exact) mass is 268 g/mol. The molecule has 0 aromatic heterocycles. The van der Waals surface area contributed by atoms with Crippen molar-refractivity contribution in [2.24, 2.45) is 0 Å². The third-order valence-electron chi connectivity index (χ3n) is 1.78. The van der Waals surface area contributed by atoms with Crippen LogP contribution in [-0.2, 0) is 9.53 Å². The first-order valence-corrected chi connectivity index (χ1v) is 4.98. The van der Waals surface area contributed by atoms with Gasteiger partial charge in [-0.25, -0.2) is 4.79 Å². The van der Waals surface area contributed by atoms with Crippen molar-refractivity contribution in [2.45, 2.75) is 0 Å². The number of methoxy groups -OCH3 is 1. The fraction of sp³-hybridized carbons (Fsp3) is 0.0909. The van der Waals surface area contributed by atoms with Gasteiger partial charge in [-0.05, 0) is 23.8 Å². The first kappa shape index (κ1) is 11.7. The van der Waals surface area contributed by atoms with E-state index < -0.39 is 0 Å². The van der Waals surface area contributed by atoms with Gasteiger partial charge in [-0.2, -0.15) is 0 Å². The molecule has 0 saturated carbocycles. The fourth-order valence-electron chi connectivity index (χ4n) is 1.05. The van der Waals surface area contributed by atoms with Crippen molar-refractivity contribution in [1.82, 2.24) is 0 Å². The lowest BCUT2D eigenvalue weighted by Crippen LogP contribution is -2.00. The molecule has 0 saturated heterocycles. The maximum atomic E-state index is 11.2. The molecule has 15 heavy (non-hydrogen) atoms. The summed E-state index contributed by atoms with van der Waals surface area (Å²) in [5.74, 6) is -0.387. The van der Waals surface area contributed by atoms with E-state index in [4.69, 9.17) is 0 Å². The summed E-state index contributed by atoms with van der Waals surface area (Å²) in [6.07, 6.45) is 3.73. The highest BCUT2D eigenvalue weighted by Crippen LogP contribution is 2.20. The van der Waals surface area contributed by atoms with Crippen LogP contribution in [0.2, 0.25) is 0 Å². The van der Waals surface area contributed by atoms with Gasteiger partial charge >= 0.3 is 5.97 Å². The zero-order valence-corrected chi connectivity index (χ0v) is 9.65. The van der Waals surface area contributed by atoms with Crippen molar-refractivity contribution in [3.63, 3.8) is 0 Å². The van der Waals surface area contributed by atoms with Crippen molar-refractivity contribution in [2.75, 3.05) is 7.11 Å². The van der Waals surface area contributed by atoms with Gasteiger partial charge in [0.25, 0.3) is 0 Å². The van der Waals surface area contributed by atoms with Gasteiger partial charge in [0.05, 0.1) is 12.7 Å². The largest absolute Gasteiger partial charge is 0.465 e. The normalized spacial score (nSPS) is 10.3. The molecule has 0 amide bonds. The third-order valence-corrected chi connectivity index (χ3v) is 2.46. The van der Waals surface area contributed by atoms with Crippen molar-refractivity contribution < 1.29 is 14.3 Å². The van der Waals surface area contributed by atoms with E-state index in [-0.39, 0.29) is 5.97 Å². The molecular formula is C11H9BrO3. The van der Waals surface area contributed by atoms with Crippen LogP contribution in [-0.4, -0.2) is 19.4 Å². The number of hydrogen-bond donors (Lipinski definition) is 0. The summed E-state index contributed by atoms with van der Waals surface area (Å²) in [4.78, 5) is 21.3. The third kappa shape index (κ3) is 3.02. The van der Waals surface area contributed by atoms with Crippen molar-refractivity contribution in [3.8, 4) is 0 Å². The number of ether oxygens (including phenoxy) is 1.